The van der Waals surface area contributed by atoms with E-state index in [0.717, 1.165) is 0 Å². The molecule has 2 rings (SSSR count). The minimum absolute atomic E-state index is 0.00985. The number of amides is 2. The summed E-state index contributed by atoms with van der Waals surface area (Å²) in [5, 5.41) is 2.66. The monoisotopic (exact) mass is 332 g/mol. The molecule has 1 fully saturated rings. The van der Waals surface area contributed by atoms with Gasteiger partial charge in [0.25, 0.3) is 0 Å². The van der Waals surface area contributed by atoms with Gasteiger partial charge in [0.05, 0.1) is 13.5 Å². The summed E-state index contributed by atoms with van der Waals surface area (Å²) in [6.07, 6.45) is 1.54. The normalized spacial score (nSPS) is 15.0. The third-order valence-electron chi connectivity index (χ3n) is 4.49. The molecule has 0 bridgehead atoms. The largest absolute Gasteiger partial charge is 0.496 e. The van der Waals surface area contributed by atoms with Crippen LogP contribution < -0.4 is 10.1 Å². The summed E-state index contributed by atoms with van der Waals surface area (Å²) in [7, 11) is 3.18. The number of benzene rings is 1. The zero-order valence-corrected chi connectivity index (χ0v) is 14.4. The van der Waals surface area contributed by atoms with E-state index in [1.54, 1.807) is 37.3 Å². The molecule has 2 amide bonds. The molecule has 1 saturated heterocycles. The van der Waals surface area contributed by atoms with Crippen molar-refractivity contribution >= 4 is 17.6 Å². The zero-order chi connectivity index (χ0) is 17.7. The third kappa shape index (κ3) is 4.13. The zero-order valence-electron chi connectivity index (χ0n) is 14.4. The van der Waals surface area contributed by atoms with Crippen LogP contribution in [0.1, 0.15) is 35.7 Å². The smallest absolute Gasteiger partial charge is 0.227 e. The Hall–Kier alpha value is -2.37. The highest BCUT2D eigenvalue weighted by molar-refractivity contribution is 5.94. The van der Waals surface area contributed by atoms with Gasteiger partial charge in [-0.25, -0.2) is 0 Å². The first kappa shape index (κ1) is 18.0. The molecule has 6 nitrogen and oxygen atoms in total. The summed E-state index contributed by atoms with van der Waals surface area (Å²) in [6, 6.07) is 5.14. The Morgan fingerprint density at radius 3 is 2.46 bits per heavy atom. The van der Waals surface area contributed by atoms with Gasteiger partial charge in [-0.3, -0.25) is 14.4 Å². The topological polar surface area (TPSA) is 75.7 Å². The standard InChI is InChI=1S/C18H24N2O4/c1-12(21)14-4-5-16(24-3)15(10-14)11-17(22)20-8-6-13(7-9-20)18(23)19-2/h4-5,10,13H,6-9,11H2,1-3H3,(H,19,23). The van der Waals surface area contributed by atoms with E-state index >= 15 is 0 Å². The number of likely N-dealkylation sites (tertiary alicyclic amines) is 1. The number of ether oxygens (including phenoxy) is 1. The number of hydrogen-bond donors (Lipinski definition) is 1. The van der Waals surface area contributed by atoms with Crippen molar-refractivity contribution in [3.8, 4) is 5.75 Å². The van der Waals surface area contributed by atoms with Gasteiger partial charge in [0.15, 0.2) is 5.78 Å². The lowest BCUT2D eigenvalue weighted by Gasteiger charge is -2.31. The van der Waals surface area contributed by atoms with E-state index in [0.29, 0.717) is 42.8 Å². The molecule has 1 aliphatic heterocycles. The van der Waals surface area contributed by atoms with E-state index in [1.165, 1.54) is 6.92 Å². The molecule has 0 unspecified atom stereocenters. The van der Waals surface area contributed by atoms with Crippen molar-refractivity contribution in [2.75, 3.05) is 27.2 Å². The van der Waals surface area contributed by atoms with Crippen LogP contribution in [-0.2, 0) is 16.0 Å². The number of carbonyl (C=O) groups is 3. The van der Waals surface area contributed by atoms with Crippen molar-refractivity contribution in [3.05, 3.63) is 29.3 Å². The van der Waals surface area contributed by atoms with E-state index in [2.05, 4.69) is 5.32 Å². The van der Waals surface area contributed by atoms with Crippen LogP contribution in [0.3, 0.4) is 0 Å². The van der Waals surface area contributed by atoms with Gasteiger partial charge in [-0.15, -0.1) is 0 Å². The molecular weight excluding hydrogens is 308 g/mol. The predicted molar refractivity (Wildman–Crippen MR) is 90.1 cm³/mol. The summed E-state index contributed by atoms with van der Waals surface area (Å²) in [6.45, 7) is 2.65. The summed E-state index contributed by atoms with van der Waals surface area (Å²) in [5.74, 6) is 0.572. The number of rotatable bonds is 5. The molecule has 0 atom stereocenters. The number of piperidine rings is 1. The molecule has 1 aromatic rings. The Labute approximate surface area is 142 Å². The maximum absolute atomic E-state index is 12.5. The van der Waals surface area contributed by atoms with Crippen LogP contribution in [-0.4, -0.2) is 49.7 Å². The second kappa shape index (κ2) is 7.95. The Bertz CT molecular complexity index is 634. The van der Waals surface area contributed by atoms with Crippen molar-refractivity contribution in [2.45, 2.75) is 26.2 Å². The fourth-order valence-corrected chi connectivity index (χ4v) is 3.01. The van der Waals surface area contributed by atoms with Crippen LogP contribution in [0.25, 0.3) is 0 Å². The van der Waals surface area contributed by atoms with Crippen molar-refractivity contribution < 1.29 is 19.1 Å². The van der Waals surface area contributed by atoms with Gasteiger partial charge in [-0.1, -0.05) is 0 Å². The Balaban J connectivity index is 2.04. The molecule has 1 N–H and O–H groups in total. The number of methoxy groups -OCH3 is 1. The fourth-order valence-electron chi connectivity index (χ4n) is 3.01. The molecule has 24 heavy (non-hydrogen) atoms. The Morgan fingerprint density at radius 2 is 1.92 bits per heavy atom. The van der Waals surface area contributed by atoms with E-state index in [9.17, 15) is 14.4 Å². The molecule has 0 saturated carbocycles. The highest BCUT2D eigenvalue weighted by Gasteiger charge is 2.27. The number of Topliss-reactive ketones (excluding diaryl/α,β-unsaturated/α-hetero) is 1. The van der Waals surface area contributed by atoms with Crippen LogP contribution in [0.4, 0.5) is 0 Å². The molecule has 130 valence electrons. The summed E-state index contributed by atoms with van der Waals surface area (Å²) >= 11 is 0. The highest BCUT2D eigenvalue weighted by atomic mass is 16.5. The third-order valence-corrected chi connectivity index (χ3v) is 4.49. The molecule has 1 aromatic carbocycles. The minimum atomic E-state index is -0.0438. The molecule has 0 aromatic heterocycles. The average molecular weight is 332 g/mol. The highest BCUT2D eigenvalue weighted by Crippen LogP contribution is 2.23. The number of carbonyl (C=O) groups excluding carboxylic acids is 3. The molecule has 1 aliphatic rings. The molecule has 0 radical (unpaired) electrons. The van der Waals surface area contributed by atoms with Gasteiger partial charge in [-0.2, -0.15) is 0 Å². The van der Waals surface area contributed by atoms with Crippen molar-refractivity contribution in [3.63, 3.8) is 0 Å². The minimum Gasteiger partial charge on any atom is -0.496 e. The first-order valence-electron chi connectivity index (χ1n) is 8.13. The van der Waals surface area contributed by atoms with Crippen LogP contribution >= 0.6 is 0 Å². The maximum Gasteiger partial charge on any atom is 0.227 e. The van der Waals surface area contributed by atoms with Gasteiger partial charge >= 0.3 is 0 Å². The lowest BCUT2D eigenvalue weighted by Crippen LogP contribution is -2.43. The van der Waals surface area contributed by atoms with E-state index in [4.69, 9.17) is 4.74 Å². The van der Waals surface area contributed by atoms with Crippen LogP contribution in [0, 0.1) is 5.92 Å². The summed E-state index contributed by atoms with van der Waals surface area (Å²) in [4.78, 5) is 37.5. The number of ketones is 1. The van der Waals surface area contributed by atoms with E-state index < -0.39 is 0 Å². The second-order valence-electron chi connectivity index (χ2n) is 6.03. The Morgan fingerprint density at radius 1 is 1.25 bits per heavy atom. The maximum atomic E-state index is 12.5. The number of nitrogens with one attached hydrogen (secondary N) is 1. The molecule has 6 heteroatoms. The average Bonchev–Trinajstić information content (AvgIpc) is 2.60. The van der Waals surface area contributed by atoms with Crippen molar-refractivity contribution in [1.29, 1.82) is 0 Å². The van der Waals surface area contributed by atoms with Crippen molar-refractivity contribution in [1.82, 2.24) is 10.2 Å². The fraction of sp³-hybridized carbons (Fsp3) is 0.500. The predicted octanol–water partition coefficient (Wildman–Crippen LogP) is 1.42. The molecule has 0 aliphatic carbocycles. The van der Waals surface area contributed by atoms with Crippen LogP contribution in [0.2, 0.25) is 0 Å². The Kier molecular flexibility index (Phi) is 5.95. The van der Waals surface area contributed by atoms with E-state index in [1.807, 2.05) is 0 Å². The molecule has 1 heterocycles. The molecular formula is C18H24N2O4. The van der Waals surface area contributed by atoms with Gasteiger partial charge in [0.2, 0.25) is 11.8 Å². The van der Waals surface area contributed by atoms with Crippen molar-refractivity contribution in [2.24, 2.45) is 5.92 Å². The number of hydrogen-bond acceptors (Lipinski definition) is 4. The quantitative estimate of drug-likeness (QED) is 0.828. The SMILES string of the molecule is CNC(=O)C1CCN(C(=O)Cc2cc(C(C)=O)ccc2OC)CC1. The summed E-state index contributed by atoms with van der Waals surface area (Å²) in [5.41, 5.74) is 1.28. The number of nitrogens with zero attached hydrogens (tertiary/aromatic N) is 1. The first-order valence-corrected chi connectivity index (χ1v) is 8.13. The van der Waals surface area contributed by atoms with Gasteiger partial charge in [0, 0.05) is 37.2 Å². The molecule has 0 spiro atoms. The van der Waals surface area contributed by atoms with Gasteiger partial charge in [-0.05, 0) is 38.0 Å². The lowest BCUT2D eigenvalue weighted by molar-refractivity contribution is -0.134. The lowest BCUT2D eigenvalue weighted by atomic mass is 9.95. The van der Waals surface area contributed by atoms with Crippen LogP contribution in [0.15, 0.2) is 18.2 Å². The second-order valence-corrected chi connectivity index (χ2v) is 6.03. The van der Waals surface area contributed by atoms with Gasteiger partial charge < -0.3 is 15.0 Å². The van der Waals surface area contributed by atoms with Gasteiger partial charge in [0.1, 0.15) is 5.75 Å². The first-order chi connectivity index (χ1) is 11.5. The summed E-state index contributed by atoms with van der Waals surface area (Å²) < 4.78 is 5.30. The van der Waals surface area contributed by atoms with Crippen LogP contribution in [0.5, 0.6) is 5.75 Å². The van der Waals surface area contributed by atoms with E-state index in [-0.39, 0.29) is 29.9 Å².